The maximum Gasteiger partial charge on any atom is 0.0573 e. The Morgan fingerprint density at radius 2 is 2.14 bits per heavy atom. The summed E-state index contributed by atoms with van der Waals surface area (Å²) < 4.78 is 5.27. The second kappa shape index (κ2) is 1.83. The van der Waals surface area contributed by atoms with Gasteiger partial charge in [-0.05, 0) is 19.3 Å². The molecule has 0 aromatic heterocycles. The van der Waals surface area contributed by atoms with Crippen LogP contribution in [0.25, 0.3) is 0 Å². The van der Waals surface area contributed by atoms with Crippen molar-refractivity contribution in [2.24, 2.45) is 5.92 Å². The van der Waals surface area contributed by atoms with Crippen molar-refractivity contribution in [3.05, 3.63) is 0 Å². The molecule has 1 rings (SSSR count). The van der Waals surface area contributed by atoms with Crippen LogP contribution in [0.5, 0.6) is 0 Å². The highest BCUT2D eigenvalue weighted by Gasteiger charge is 2.18. The van der Waals surface area contributed by atoms with Crippen molar-refractivity contribution in [2.45, 2.75) is 26.4 Å². The minimum atomic E-state index is 0.514. The minimum Gasteiger partial charge on any atom is -0.378 e. The van der Waals surface area contributed by atoms with Crippen molar-refractivity contribution in [3.63, 3.8) is 0 Å². The molecular formula is C6H12O. The lowest BCUT2D eigenvalue weighted by atomic mass is 10.1. The van der Waals surface area contributed by atoms with Crippen LogP contribution in [0.4, 0.5) is 0 Å². The second-order valence-corrected chi connectivity index (χ2v) is 2.34. The molecular weight excluding hydrogens is 88.1 g/mol. The number of hydrogen-bond acceptors (Lipinski definition) is 1. The van der Waals surface area contributed by atoms with Gasteiger partial charge in [-0.15, -0.1) is 0 Å². The highest BCUT2D eigenvalue weighted by Crippen LogP contribution is 2.18. The molecule has 0 radical (unpaired) electrons. The number of hydrogen-bond donors (Lipinski definition) is 0. The Bertz CT molecular complexity index is 53.2. The van der Waals surface area contributed by atoms with Gasteiger partial charge in [0.05, 0.1) is 6.10 Å². The number of rotatable bonds is 0. The zero-order chi connectivity index (χ0) is 5.28. The molecule has 0 aromatic rings. The van der Waals surface area contributed by atoms with Crippen LogP contribution in [0, 0.1) is 5.92 Å². The van der Waals surface area contributed by atoms with E-state index in [0.29, 0.717) is 6.10 Å². The standard InChI is InChI=1S/C6H12O/c1-5-3-4-7-6(5)2/h5-6H,3-4H2,1-2H3/t5-,6+/m1/s1. The normalized spacial score (nSPS) is 42.0. The summed E-state index contributed by atoms with van der Waals surface area (Å²) in [6.07, 6.45) is 1.77. The molecule has 1 aliphatic rings. The Kier molecular flexibility index (Phi) is 1.33. The van der Waals surface area contributed by atoms with Gasteiger partial charge in [-0.3, -0.25) is 0 Å². The Morgan fingerprint density at radius 1 is 1.43 bits per heavy atom. The highest BCUT2D eigenvalue weighted by molar-refractivity contribution is 4.66. The summed E-state index contributed by atoms with van der Waals surface area (Å²) in [7, 11) is 0. The zero-order valence-electron chi connectivity index (χ0n) is 4.98. The molecule has 1 nitrogen and oxygen atoms in total. The summed E-state index contributed by atoms with van der Waals surface area (Å²) in [5.74, 6) is 0.792. The summed E-state index contributed by atoms with van der Waals surface area (Å²) >= 11 is 0. The van der Waals surface area contributed by atoms with E-state index in [4.69, 9.17) is 4.74 Å². The molecule has 0 amide bonds. The third-order valence-corrected chi connectivity index (χ3v) is 1.76. The van der Waals surface area contributed by atoms with Gasteiger partial charge in [-0.1, -0.05) is 6.92 Å². The molecule has 0 unspecified atom stereocenters. The smallest absolute Gasteiger partial charge is 0.0573 e. The summed E-state index contributed by atoms with van der Waals surface area (Å²) in [5, 5.41) is 0. The number of ether oxygens (including phenoxy) is 1. The maximum absolute atomic E-state index is 5.27. The first-order valence-electron chi connectivity index (χ1n) is 2.92. The lowest BCUT2D eigenvalue weighted by molar-refractivity contribution is 0.109. The van der Waals surface area contributed by atoms with Crippen LogP contribution in [-0.4, -0.2) is 12.7 Å². The average molecular weight is 100 g/mol. The van der Waals surface area contributed by atoms with Crippen LogP contribution in [0.2, 0.25) is 0 Å². The molecule has 7 heavy (non-hydrogen) atoms. The van der Waals surface area contributed by atoms with Crippen molar-refractivity contribution >= 4 is 0 Å². The molecule has 1 heteroatoms. The van der Waals surface area contributed by atoms with Crippen molar-refractivity contribution in [1.82, 2.24) is 0 Å². The lowest BCUT2D eigenvalue weighted by Crippen LogP contribution is -2.05. The third-order valence-electron chi connectivity index (χ3n) is 1.76. The van der Waals surface area contributed by atoms with Crippen LogP contribution >= 0.6 is 0 Å². The molecule has 1 aliphatic heterocycles. The van der Waals surface area contributed by atoms with E-state index in [2.05, 4.69) is 13.8 Å². The van der Waals surface area contributed by atoms with E-state index in [0.717, 1.165) is 12.5 Å². The fourth-order valence-electron chi connectivity index (χ4n) is 0.839. The van der Waals surface area contributed by atoms with Crippen molar-refractivity contribution in [2.75, 3.05) is 6.61 Å². The fourth-order valence-corrected chi connectivity index (χ4v) is 0.839. The van der Waals surface area contributed by atoms with Gasteiger partial charge in [0.25, 0.3) is 0 Å². The summed E-state index contributed by atoms with van der Waals surface area (Å²) in [5.41, 5.74) is 0. The van der Waals surface area contributed by atoms with Crippen LogP contribution in [0.1, 0.15) is 20.3 Å². The molecule has 0 aromatic carbocycles. The SMILES string of the molecule is C[C@@H]1CCO[C@H]1C. The van der Waals surface area contributed by atoms with Crippen molar-refractivity contribution in [1.29, 1.82) is 0 Å². The Balaban J connectivity index is 2.33. The predicted octanol–water partition coefficient (Wildman–Crippen LogP) is 1.43. The van der Waals surface area contributed by atoms with Gasteiger partial charge in [0, 0.05) is 6.61 Å². The van der Waals surface area contributed by atoms with Gasteiger partial charge >= 0.3 is 0 Å². The summed E-state index contributed by atoms with van der Waals surface area (Å²) in [6.45, 7) is 5.34. The molecule has 2 atom stereocenters. The predicted molar refractivity (Wildman–Crippen MR) is 29.2 cm³/mol. The molecule has 0 saturated carbocycles. The first-order valence-corrected chi connectivity index (χ1v) is 2.92. The molecule has 0 bridgehead atoms. The van der Waals surface area contributed by atoms with E-state index in [-0.39, 0.29) is 0 Å². The fraction of sp³-hybridized carbons (Fsp3) is 1.00. The quantitative estimate of drug-likeness (QED) is 0.447. The molecule has 1 fully saturated rings. The molecule has 0 aliphatic carbocycles. The molecule has 1 heterocycles. The monoisotopic (exact) mass is 100 g/mol. The van der Waals surface area contributed by atoms with E-state index in [9.17, 15) is 0 Å². The van der Waals surface area contributed by atoms with Gasteiger partial charge in [0.1, 0.15) is 0 Å². The van der Waals surface area contributed by atoms with Gasteiger partial charge < -0.3 is 4.74 Å². The first-order chi connectivity index (χ1) is 3.30. The van der Waals surface area contributed by atoms with E-state index in [1.807, 2.05) is 0 Å². The van der Waals surface area contributed by atoms with Gasteiger partial charge in [0.2, 0.25) is 0 Å². The molecule has 1 saturated heterocycles. The van der Waals surface area contributed by atoms with Gasteiger partial charge in [-0.2, -0.15) is 0 Å². The van der Waals surface area contributed by atoms with Crippen LogP contribution in [0.15, 0.2) is 0 Å². The van der Waals surface area contributed by atoms with Gasteiger partial charge in [0.15, 0.2) is 0 Å². The van der Waals surface area contributed by atoms with Crippen molar-refractivity contribution in [3.8, 4) is 0 Å². The maximum atomic E-state index is 5.27. The minimum absolute atomic E-state index is 0.514. The molecule has 42 valence electrons. The largest absolute Gasteiger partial charge is 0.378 e. The van der Waals surface area contributed by atoms with Crippen molar-refractivity contribution < 1.29 is 4.74 Å². The van der Waals surface area contributed by atoms with Crippen LogP contribution in [0.3, 0.4) is 0 Å². The third kappa shape index (κ3) is 0.942. The lowest BCUT2D eigenvalue weighted by Gasteiger charge is -2.04. The van der Waals surface area contributed by atoms with Gasteiger partial charge in [-0.25, -0.2) is 0 Å². The Labute approximate surface area is 44.7 Å². The zero-order valence-corrected chi connectivity index (χ0v) is 4.98. The average Bonchev–Trinajstić information content (AvgIpc) is 1.91. The van der Waals surface area contributed by atoms with E-state index < -0.39 is 0 Å². The Morgan fingerprint density at radius 3 is 2.29 bits per heavy atom. The highest BCUT2D eigenvalue weighted by atomic mass is 16.5. The van der Waals surface area contributed by atoms with E-state index in [1.165, 1.54) is 6.42 Å². The van der Waals surface area contributed by atoms with Crippen LogP contribution in [-0.2, 0) is 4.74 Å². The summed E-state index contributed by atoms with van der Waals surface area (Å²) in [6, 6.07) is 0. The second-order valence-electron chi connectivity index (χ2n) is 2.34. The van der Waals surface area contributed by atoms with E-state index >= 15 is 0 Å². The molecule has 0 N–H and O–H groups in total. The topological polar surface area (TPSA) is 9.23 Å². The Hall–Kier alpha value is -0.0400. The first kappa shape index (κ1) is 5.10. The molecule has 0 spiro atoms. The summed E-state index contributed by atoms with van der Waals surface area (Å²) in [4.78, 5) is 0. The van der Waals surface area contributed by atoms with Crippen LogP contribution < -0.4 is 0 Å². The van der Waals surface area contributed by atoms with E-state index in [1.54, 1.807) is 0 Å².